The number of alkyl halides is 1. The zero-order valence-corrected chi connectivity index (χ0v) is 14.6. The third kappa shape index (κ3) is 3.29. The maximum atomic E-state index is 6.56. The van der Waals surface area contributed by atoms with Crippen LogP contribution in [-0.4, -0.2) is 16.7 Å². The molecule has 20 heavy (non-hydrogen) atoms. The van der Waals surface area contributed by atoms with Gasteiger partial charge in [-0.1, -0.05) is 70.2 Å². The molecular weight excluding hydrogens is 306 g/mol. The highest BCUT2D eigenvalue weighted by Crippen LogP contribution is 2.63. The molecule has 0 amide bonds. The minimum Gasteiger partial charge on any atom is -0.112 e. The molecule has 0 aliphatic heterocycles. The first kappa shape index (κ1) is 15.4. The van der Waals surface area contributed by atoms with E-state index in [2.05, 4.69) is 12.2 Å². The first-order chi connectivity index (χ1) is 9.77. The lowest BCUT2D eigenvalue weighted by Gasteiger charge is -2.39. The van der Waals surface area contributed by atoms with E-state index in [0.717, 1.165) is 16.4 Å². The van der Waals surface area contributed by atoms with Crippen molar-refractivity contribution in [3.63, 3.8) is 0 Å². The van der Waals surface area contributed by atoms with E-state index >= 15 is 0 Å². The Morgan fingerprint density at radius 1 is 0.850 bits per heavy atom. The van der Waals surface area contributed by atoms with Crippen LogP contribution in [0, 0.1) is 0 Å². The summed E-state index contributed by atoms with van der Waals surface area (Å²) in [5.74, 6) is 0. The standard InChI is InChI=1S/C17H25Cl2P/c18-15-11-12-16(17(15)19)20(13-7-3-1-4-8-13)14-9-5-2-6-10-14/h11-15H,1-10H2. The lowest BCUT2D eigenvalue weighted by Crippen LogP contribution is -2.21. The second kappa shape index (κ2) is 7.17. The largest absolute Gasteiger partial charge is 0.112 e. The summed E-state index contributed by atoms with van der Waals surface area (Å²) in [6, 6.07) is 0. The number of hydrogen-bond donors (Lipinski definition) is 0. The molecule has 2 fully saturated rings. The summed E-state index contributed by atoms with van der Waals surface area (Å²) < 4.78 is 0. The number of allylic oxidation sites excluding steroid dienone is 4. The highest BCUT2D eigenvalue weighted by molar-refractivity contribution is 7.64. The van der Waals surface area contributed by atoms with E-state index < -0.39 is 0 Å². The van der Waals surface area contributed by atoms with Crippen LogP contribution in [0.4, 0.5) is 0 Å². The van der Waals surface area contributed by atoms with Gasteiger partial charge in [-0.05, 0) is 42.3 Å². The Morgan fingerprint density at radius 3 is 1.75 bits per heavy atom. The van der Waals surface area contributed by atoms with Crippen molar-refractivity contribution in [2.75, 3.05) is 0 Å². The molecule has 3 heteroatoms. The summed E-state index contributed by atoms with van der Waals surface area (Å²) in [6.45, 7) is 0. The van der Waals surface area contributed by atoms with Gasteiger partial charge >= 0.3 is 0 Å². The first-order valence-corrected chi connectivity index (χ1v) is 10.6. The van der Waals surface area contributed by atoms with E-state index in [-0.39, 0.29) is 13.3 Å². The molecule has 1 atom stereocenters. The van der Waals surface area contributed by atoms with Crippen LogP contribution in [-0.2, 0) is 0 Å². The van der Waals surface area contributed by atoms with Gasteiger partial charge in [-0.15, -0.1) is 11.6 Å². The topological polar surface area (TPSA) is 0 Å². The Morgan fingerprint density at radius 2 is 1.35 bits per heavy atom. The van der Waals surface area contributed by atoms with Gasteiger partial charge in [0.1, 0.15) is 0 Å². The van der Waals surface area contributed by atoms with Crippen molar-refractivity contribution in [2.45, 2.75) is 80.9 Å². The van der Waals surface area contributed by atoms with Gasteiger partial charge in [-0.2, -0.15) is 0 Å². The van der Waals surface area contributed by atoms with Crippen LogP contribution < -0.4 is 0 Å². The fourth-order valence-corrected chi connectivity index (χ4v) is 8.67. The Balaban J connectivity index is 1.84. The van der Waals surface area contributed by atoms with Gasteiger partial charge < -0.3 is 0 Å². The molecule has 0 heterocycles. The molecule has 3 aliphatic rings. The molecular formula is C17H25Cl2P. The molecule has 0 spiro atoms. The van der Waals surface area contributed by atoms with E-state index in [9.17, 15) is 0 Å². The molecule has 0 bridgehead atoms. The summed E-state index contributed by atoms with van der Waals surface area (Å²) in [5.41, 5.74) is 1.83. The molecule has 0 aromatic carbocycles. The monoisotopic (exact) mass is 330 g/mol. The van der Waals surface area contributed by atoms with Crippen LogP contribution in [0.25, 0.3) is 0 Å². The van der Waals surface area contributed by atoms with Gasteiger partial charge in [0.05, 0.1) is 5.38 Å². The molecule has 0 nitrogen and oxygen atoms in total. The van der Waals surface area contributed by atoms with Crippen molar-refractivity contribution in [1.29, 1.82) is 0 Å². The molecule has 0 aromatic rings. The lowest BCUT2D eigenvalue weighted by atomic mass is 9.99. The maximum Gasteiger partial charge on any atom is 0.0882 e. The third-order valence-corrected chi connectivity index (χ3v) is 9.72. The Hall–Kier alpha value is 0.490. The van der Waals surface area contributed by atoms with Crippen molar-refractivity contribution in [2.24, 2.45) is 0 Å². The van der Waals surface area contributed by atoms with Crippen LogP contribution in [0.5, 0.6) is 0 Å². The van der Waals surface area contributed by atoms with Crippen molar-refractivity contribution in [1.82, 2.24) is 0 Å². The molecule has 0 saturated heterocycles. The Labute approximate surface area is 134 Å². The minimum absolute atomic E-state index is 0.0520. The molecule has 0 aromatic heterocycles. The molecule has 3 aliphatic carbocycles. The molecule has 0 radical (unpaired) electrons. The summed E-state index contributed by atoms with van der Waals surface area (Å²) in [6.07, 6.45) is 18.7. The van der Waals surface area contributed by atoms with E-state index in [1.807, 2.05) is 0 Å². The second-order valence-electron chi connectivity index (χ2n) is 6.48. The molecule has 2 saturated carbocycles. The second-order valence-corrected chi connectivity index (χ2v) is 10.1. The van der Waals surface area contributed by atoms with Crippen LogP contribution in [0.15, 0.2) is 22.5 Å². The zero-order chi connectivity index (χ0) is 13.9. The number of hydrogen-bond acceptors (Lipinski definition) is 0. The molecule has 3 rings (SSSR count). The lowest BCUT2D eigenvalue weighted by molar-refractivity contribution is 0.486. The summed E-state index contributed by atoms with van der Waals surface area (Å²) >= 11 is 12.9. The van der Waals surface area contributed by atoms with Crippen LogP contribution >= 0.6 is 31.1 Å². The highest BCUT2D eigenvalue weighted by atomic mass is 35.5. The van der Waals surface area contributed by atoms with Gasteiger partial charge in [-0.3, -0.25) is 0 Å². The number of halogens is 2. The van der Waals surface area contributed by atoms with Crippen molar-refractivity contribution >= 4 is 31.1 Å². The first-order valence-electron chi connectivity index (χ1n) is 8.27. The van der Waals surface area contributed by atoms with Crippen LogP contribution in [0.3, 0.4) is 0 Å². The Bertz CT molecular complexity index is 372. The molecule has 0 N–H and O–H groups in total. The van der Waals surface area contributed by atoms with Gasteiger partial charge in [0.15, 0.2) is 0 Å². The zero-order valence-electron chi connectivity index (χ0n) is 12.2. The minimum atomic E-state index is -0.0877. The van der Waals surface area contributed by atoms with Crippen LogP contribution in [0.2, 0.25) is 0 Å². The van der Waals surface area contributed by atoms with Gasteiger partial charge in [0, 0.05) is 5.03 Å². The summed E-state index contributed by atoms with van der Waals surface area (Å²) in [4.78, 5) is 0. The predicted molar refractivity (Wildman–Crippen MR) is 92.3 cm³/mol. The van der Waals surface area contributed by atoms with E-state index in [0.29, 0.717) is 0 Å². The van der Waals surface area contributed by atoms with E-state index in [1.165, 1.54) is 69.5 Å². The van der Waals surface area contributed by atoms with Crippen molar-refractivity contribution in [3.8, 4) is 0 Å². The summed E-state index contributed by atoms with van der Waals surface area (Å²) in [5, 5.41) is 2.36. The predicted octanol–water partition coefficient (Wildman–Crippen LogP) is 6.76. The normalized spacial score (nSPS) is 29.6. The maximum absolute atomic E-state index is 6.56. The smallest absolute Gasteiger partial charge is 0.0882 e. The molecule has 1 unspecified atom stereocenters. The third-order valence-electron chi connectivity index (χ3n) is 5.12. The summed E-state index contributed by atoms with van der Waals surface area (Å²) in [7, 11) is -0.0877. The van der Waals surface area contributed by atoms with Crippen LogP contribution in [0.1, 0.15) is 64.2 Å². The number of rotatable bonds is 3. The van der Waals surface area contributed by atoms with E-state index in [4.69, 9.17) is 23.2 Å². The van der Waals surface area contributed by atoms with E-state index in [1.54, 1.807) is 0 Å². The molecule has 112 valence electrons. The average molecular weight is 331 g/mol. The quantitative estimate of drug-likeness (QED) is 0.396. The fraction of sp³-hybridized carbons (Fsp3) is 0.765. The average Bonchev–Trinajstić information content (AvgIpc) is 2.82. The van der Waals surface area contributed by atoms with Gasteiger partial charge in [0.25, 0.3) is 0 Å². The van der Waals surface area contributed by atoms with Crippen molar-refractivity contribution < 1.29 is 0 Å². The van der Waals surface area contributed by atoms with Gasteiger partial charge in [-0.25, -0.2) is 0 Å². The van der Waals surface area contributed by atoms with Gasteiger partial charge in [0.2, 0.25) is 0 Å². The van der Waals surface area contributed by atoms with Crippen molar-refractivity contribution in [3.05, 3.63) is 22.5 Å². The highest BCUT2D eigenvalue weighted by Gasteiger charge is 2.35. The fourth-order valence-electron chi connectivity index (χ4n) is 4.10. The SMILES string of the molecule is ClC1=C(P(C2CCCCC2)C2CCCCC2)C=CC1Cl. The Kier molecular flexibility index (Phi) is 5.51.